The lowest BCUT2D eigenvalue weighted by atomic mass is 9.85. The maximum atomic E-state index is 13.3. The molecule has 0 spiro atoms. The second-order valence-electron chi connectivity index (χ2n) is 9.94. The van der Waals surface area contributed by atoms with Gasteiger partial charge in [-0.3, -0.25) is 14.4 Å². The molecule has 34 heavy (non-hydrogen) atoms. The minimum Gasteiger partial charge on any atom is -0.391 e. The number of nitrogens with one attached hydrogen (secondary N) is 2. The van der Waals surface area contributed by atoms with Crippen LogP contribution in [0.15, 0.2) is 24.3 Å². The summed E-state index contributed by atoms with van der Waals surface area (Å²) in [6.07, 6.45) is -0.652. The second-order valence-corrected chi connectivity index (χ2v) is 10.7. The van der Waals surface area contributed by atoms with Crippen molar-refractivity contribution >= 4 is 29.3 Å². The third kappa shape index (κ3) is 5.79. The molecule has 184 valence electrons. The van der Waals surface area contributed by atoms with Crippen molar-refractivity contribution in [3.8, 4) is 10.4 Å². The van der Waals surface area contributed by atoms with E-state index in [0.29, 0.717) is 0 Å². The molecule has 4 atom stereocenters. The summed E-state index contributed by atoms with van der Waals surface area (Å²) in [6.45, 7) is 10.7. The predicted octanol–water partition coefficient (Wildman–Crippen LogP) is 2.20. The van der Waals surface area contributed by atoms with Gasteiger partial charge >= 0.3 is 0 Å². The Kier molecular flexibility index (Phi) is 7.72. The van der Waals surface area contributed by atoms with E-state index in [4.69, 9.17) is 0 Å². The minimum absolute atomic E-state index is 0.0500. The number of benzene rings is 1. The number of β-amino-alcohol motifs (C(OH)–C–C–N with tert-alkyl or cyclic N) is 1. The van der Waals surface area contributed by atoms with Gasteiger partial charge in [0.1, 0.15) is 12.1 Å². The summed E-state index contributed by atoms with van der Waals surface area (Å²) in [4.78, 5) is 40.6. The fourth-order valence-electron chi connectivity index (χ4n) is 4.14. The molecule has 2 heterocycles. The monoisotopic (exact) mass is 487 g/mol. The molecule has 0 saturated carbocycles. The molecule has 9 nitrogen and oxygen atoms in total. The number of amides is 3. The van der Waals surface area contributed by atoms with Crippen molar-refractivity contribution in [2.45, 2.75) is 72.2 Å². The van der Waals surface area contributed by atoms with Crippen LogP contribution in [0.5, 0.6) is 0 Å². The molecule has 0 bridgehead atoms. The highest BCUT2D eigenvalue weighted by molar-refractivity contribution is 7.09. The molecule has 1 aliphatic heterocycles. The van der Waals surface area contributed by atoms with Crippen LogP contribution >= 0.6 is 11.5 Å². The standard InChI is InChI=1S/C24H33N5O4S/c1-13(16-7-9-17(10-8-16)20-14(2)27-28-34-20)25-22(32)19-11-18(31)12-29(19)23(33)21(24(4,5)6)26-15(3)30/h7-10,13,18-19,21,31H,11-12H2,1-6H3,(H,25,32)(H,26,30)/t13-,18+,19-,21+/m0/s1. The molecule has 1 aliphatic rings. The highest BCUT2D eigenvalue weighted by Crippen LogP contribution is 2.28. The molecule has 3 N–H and O–H groups in total. The Morgan fingerprint density at radius 1 is 1.18 bits per heavy atom. The summed E-state index contributed by atoms with van der Waals surface area (Å²) in [5.74, 6) is -1.03. The number of hydrogen-bond donors (Lipinski definition) is 3. The zero-order chi connectivity index (χ0) is 25.2. The van der Waals surface area contributed by atoms with Gasteiger partial charge in [-0.05, 0) is 41.9 Å². The third-order valence-corrected chi connectivity index (χ3v) is 6.89. The molecule has 0 radical (unpaired) electrons. The fourth-order valence-corrected chi connectivity index (χ4v) is 4.79. The summed E-state index contributed by atoms with van der Waals surface area (Å²) in [6, 6.07) is 5.91. The average molecular weight is 488 g/mol. The Hall–Kier alpha value is -2.85. The molecule has 3 amide bonds. The topological polar surface area (TPSA) is 125 Å². The number of nitrogens with zero attached hydrogens (tertiary/aromatic N) is 3. The highest BCUT2D eigenvalue weighted by atomic mass is 32.1. The van der Waals surface area contributed by atoms with Crippen LogP contribution in [0.3, 0.4) is 0 Å². The number of carbonyl (C=O) groups is 3. The maximum Gasteiger partial charge on any atom is 0.246 e. The van der Waals surface area contributed by atoms with Gasteiger partial charge in [0.05, 0.1) is 22.7 Å². The number of rotatable bonds is 6. The number of aliphatic hydroxyl groups is 1. The van der Waals surface area contributed by atoms with Crippen LogP contribution in [-0.4, -0.2) is 62.0 Å². The molecule has 0 unspecified atom stereocenters. The first kappa shape index (κ1) is 25.8. The van der Waals surface area contributed by atoms with Gasteiger partial charge < -0.3 is 20.6 Å². The molecule has 2 aromatic rings. The number of likely N-dealkylation sites (tertiary alicyclic amines) is 1. The number of aliphatic hydroxyl groups excluding tert-OH is 1. The SMILES string of the molecule is CC(=O)N[C@H](C(=O)N1C[C@H](O)C[C@H]1C(=O)N[C@@H](C)c1ccc(-c2snnc2C)cc1)C(C)(C)C. The molecule has 1 saturated heterocycles. The number of aromatic nitrogens is 2. The van der Waals surface area contributed by atoms with Gasteiger partial charge in [-0.25, -0.2) is 0 Å². The van der Waals surface area contributed by atoms with Gasteiger partial charge in [0.15, 0.2) is 0 Å². The van der Waals surface area contributed by atoms with E-state index >= 15 is 0 Å². The van der Waals surface area contributed by atoms with Crippen LogP contribution in [0.25, 0.3) is 10.4 Å². The van der Waals surface area contributed by atoms with Crippen LogP contribution in [0, 0.1) is 12.3 Å². The Balaban J connectivity index is 1.72. The van der Waals surface area contributed by atoms with E-state index in [2.05, 4.69) is 20.2 Å². The molecule has 1 fully saturated rings. The Bertz CT molecular complexity index is 1050. The lowest BCUT2D eigenvalue weighted by molar-refractivity contribution is -0.144. The first-order chi connectivity index (χ1) is 15.9. The van der Waals surface area contributed by atoms with Gasteiger partial charge in [0.25, 0.3) is 0 Å². The van der Waals surface area contributed by atoms with E-state index in [0.717, 1.165) is 21.7 Å². The summed E-state index contributed by atoms with van der Waals surface area (Å²) >= 11 is 1.34. The van der Waals surface area contributed by atoms with E-state index in [-0.39, 0.29) is 36.7 Å². The van der Waals surface area contributed by atoms with Gasteiger partial charge in [0, 0.05) is 19.9 Å². The van der Waals surface area contributed by atoms with Crippen molar-refractivity contribution in [3.63, 3.8) is 0 Å². The molecule has 3 rings (SSSR count). The summed E-state index contributed by atoms with van der Waals surface area (Å²) in [5, 5.41) is 20.0. The Labute approximate surface area is 204 Å². The number of carbonyl (C=O) groups excluding carboxylic acids is 3. The van der Waals surface area contributed by atoms with Crippen LogP contribution in [0.4, 0.5) is 0 Å². The van der Waals surface area contributed by atoms with E-state index in [1.165, 1.54) is 23.4 Å². The normalized spacial score (nSPS) is 20.0. The third-order valence-electron chi connectivity index (χ3n) is 6.01. The Morgan fingerprint density at radius 3 is 2.35 bits per heavy atom. The lowest BCUT2D eigenvalue weighted by Gasteiger charge is -2.35. The molecule has 10 heteroatoms. The van der Waals surface area contributed by atoms with Crippen molar-refractivity contribution in [3.05, 3.63) is 35.5 Å². The van der Waals surface area contributed by atoms with Gasteiger partial charge in [-0.15, -0.1) is 5.10 Å². The zero-order valence-corrected chi connectivity index (χ0v) is 21.3. The largest absolute Gasteiger partial charge is 0.391 e. The van der Waals surface area contributed by atoms with Crippen LogP contribution in [-0.2, 0) is 14.4 Å². The van der Waals surface area contributed by atoms with Crippen molar-refractivity contribution < 1.29 is 19.5 Å². The molecular weight excluding hydrogens is 454 g/mol. The summed E-state index contributed by atoms with van der Waals surface area (Å²) in [7, 11) is 0. The molecule has 1 aromatic carbocycles. The van der Waals surface area contributed by atoms with Crippen LogP contribution in [0.1, 0.15) is 58.3 Å². The number of hydrogen-bond acceptors (Lipinski definition) is 7. The quantitative estimate of drug-likeness (QED) is 0.574. The maximum absolute atomic E-state index is 13.3. The number of aryl methyl sites for hydroxylation is 1. The predicted molar refractivity (Wildman–Crippen MR) is 130 cm³/mol. The average Bonchev–Trinajstić information content (AvgIpc) is 3.36. The highest BCUT2D eigenvalue weighted by Gasteiger charge is 2.44. The van der Waals surface area contributed by atoms with E-state index in [1.54, 1.807) is 0 Å². The summed E-state index contributed by atoms with van der Waals surface area (Å²) < 4.78 is 3.97. The zero-order valence-electron chi connectivity index (χ0n) is 20.5. The summed E-state index contributed by atoms with van der Waals surface area (Å²) in [5.41, 5.74) is 2.24. The van der Waals surface area contributed by atoms with Crippen molar-refractivity contribution in [1.82, 2.24) is 25.1 Å². The van der Waals surface area contributed by atoms with E-state index in [1.807, 2.05) is 58.9 Å². The van der Waals surface area contributed by atoms with Crippen LogP contribution in [0.2, 0.25) is 0 Å². The Morgan fingerprint density at radius 2 is 1.82 bits per heavy atom. The first-order valence-corrected chi connectivity index (χ1v) is 12.1. The van der Waals surface area contributed by atoms with Crippen molar-refractivity contribution in [2.75, 3.05) is 6.54 Å². The first-order valence-electron chi connectivity index (χ1n) is 11.3. The molecule has 1 aromatic heterocycles. The van der Waals surface area contributed by atoms with Gasteiger partial charge in [-0.2, -0.15) is 0 Å². The van der Waals surface area contributed by atoms with E-state index < -0.39 is 23.6 Å². The minimum atomic E-state index is -0.811. The van der Waals surface area contributed by atoms with Gasteiger partial charge in [0.2, 0.25) is 17.7 Å². The van der Waals surface area contributed by atoms with Gasteiger partial charge in [-0.1, -0.05) is 49.5 Å². The van der Waals surface area contributed by atoms with Crippen molar-refractivity contribution in [2.24, 2.45) is 5.41 Å². The van der Waals surface area contributed by atoms with Crippen molar-refractivity contribution in [1.29, 1.82) is 0 Å². The smallest absolute Gasteiger partial charge is 0.246 e. The lowest BCUT2D eigenvalue weighted by Crippen LogP contribution is -2.57. The fraction of sp³-hybridized carbons (Fsp3) is 0.542. The molecular formula is C24H33N5O4S. The molecule has 0 aliphatic carbocycles. The second kappa shape index (κ2) is 10.2. The van der Waals surface area contributed by atoms with Crippen LogP contribution < -0.4 is 10.6 Å². The van der Waals surface area contributed by atoms with E-state index in [9.17, 15) is 19.5 Å².